The molecule has 1 aliphatic heterocycles. The lowest BCUT2D eigenvalue weighted by Crippen LogP contribution is -2.29. The molecular formula is C22H15BrF2N2O2S. The third kappa shape index (κ3) is 3.97. The van der Waals surface area contributed by atoms with Gasteiger partial charge in [0.25, 0.3) is 5.91 Å². The van der Waals surface area contributed by atoms with E-state index in [9.17, 15) is 18.4 Å². The molecule has 30 heavy (non-hydrogen) atoms. The largest absolute Gasteiger partial charge is 0.322 e. The molecular weight excluding hydrogens is 474 g/mol. The van der Waals surface area contributed by atoms with Crippen LogP contribution in [0.15, 0.2) is 71.2 Å². The number of thioether (sulfide) groups is 1. The van der Waals surface area contributed by atoms with Crippen molar-refractivity contribution in [3.8, 4) is 0 Å². The molecule has 4 rings (SSSR count). The molecule has 4 nitrogen and oxygen atoms in total. The summed E-state index contributed by atoms with van der Waals surface area (Å²) in [5.74, 6) is -1.86. The Kier molecular flexibility index (Phi) is 5.87. The minimum Gasteiger partial charge on any atom is -0.322 e. The first kappa shape index (κ1) is 20.6. The zero-order valence-electron chi connectivity index (χ0n) is 15.4. The average Bonchev–Trinajstić information content (AvgIpc) is 3.11. The van der Waals surface area contributed by atoms with Gasteiger partial charge in [0.1, 0.15) is 17.0 Å². The Hall–Kier alpha value is -2.71. The maximum atomic E-state index is 14.4. The van der Waals surface area contributed by atoms with Crippen LogP contribution in [0.5, 0.6) is 0 Å². The first-order chi connectivity index (χ1) is 14.5. The van der Waals surface area contributed by atoms with E-state index in [1.165, 1.54) is 16.7 Å². The molecule has 1 unspecified atom stereocenters. The third-order valence-corrected chi connectivity index (χ3v) is 6.51. The minimum absolute atomic E-state index is 0.118. The van der Waals surface area contributed by atoms with E-state index in [1.807, 2.05) is 0 Å². The summed E-state index contributed by atoms with van der Waals surface area (Å²) in [6.07, 6.45) is 0. The van der Waals surface area contributed by atoms with E-state index in [1.54, 1.807) is 48.5 Å². The van der Waals surface area contributed by atoms with Crippen molar-refractivity contribution in [2.24, 2.45) is 0 Å². The summed E-state index contributed by atoms with van der Waals surface area (Å²) in [5.41, 5.74) is 1.45. The highest BCUT2D eigenvalue weighted by Crippen LogP contribution is 2.45. The summed E-state index contributed by atoms with van der Waals surface area (Å²) < 4.78 is 28.8. The van der Waals surface area contributed by atoms with Crippen molar-refractivity contribution < 1.29 is 18.4 Å². The van der Waals surface area contributed by atoms with Gasteiger partial charge in [-0.15, -0.1) is 11.8 Å². The van der Waals surface area contributed by atoms with Gasteiger partial charge in [-0.05, 0) is 46.3 Å². The number of carbonyl (C=O) groups excluding carboxylic acids is 2. The number of benzene rings is 3. The predicted molar refractivity (Wildman–Crippen MR) is 118 cm³/mol. The van der Waals surface area contributed by atoms with E-state index < -0.39 is 17.0 Å². The van der Waals surface area contributed by atoms with Gasteiger partial charge in [0.2, 0.25) is 5.91 Å². The molecule has 1 atom stereocenters. The van der Waals surface area contributed by atoms with Gasteiger partial charge in [-0.1, -0.05) is 30.3 Å². The number of hydrogen-bond acceptors (Lipinski definition) is 3. The molecule has 8 heteroatoms. The molecule has 1 fully saturated rings. The minimum atomic E-state index is -0.688. The molecule has 0 spiro atoms. The zero-order chi connectivity index (χ0) is 21.3. The van der Waals surface area contributed by atoms with Gasteiger partial charge in [0, 0.05) is 21.8 Å². The second kappa shape index (κ2) is 8.57. The predicted octanol–water partition coefficient (Wildman–Crippen LogP) is 5.76. The van der Waals surface area contributed by atoms with Crippen LogP contribution in [0.2, 0.25) is 0 Å². The molecule has 2 amide bonds. The lowest BCUT2D eigenvalue weighted by molar-refractivity contribution is -0.115. The van der Waals surface area contributed by atoms with Crippen LogP contribution in [0.4, 0.5) is 20.2 Å². The van der Waals surface area contributed by atoms with Gasteiger partial charge in [0.15, 0.2) is 0 Å². The van der Waals surface area contributed by atoms with Gasteiger partial charge in [0.05, 0.1) is 17.0 Å². The van der Waals surface area contributed by atoms with Crippen LogP contribution < -0.4 is 10.2 Å². The number of nitrogens with one attached hydrogen (secondary N) is 1. The van der Waals surface area contributed by atoms with Crippen LogP contribution in [-0.2, 0) is 4.79 Å². The van der Waals surface area contributed by atoms with Gasteiger partial charge < -0.3 is 5.32 Å². The van der Waals surface area contributed by atoms with E-state index in [4.69, 9.17) is 0 Å². The van der Waals surface area contributed by atoms with Crippen molar-refractivity contribution >= 4 is 50.9 Å². The molecule has 3 aromatic carbocycles. The Labute approximate surface area is 184 Å². The van der Waals surface area contributed by atoms with Gasteiger partial charge in [-0.3, -0.25) is 14.5 Å². The van der Waals surface area contributed by atoms with Crippen molar-refractivity contribution in [1.82, 2.24) is 0 Å². The summed E-state index contributed by atoms with van der Waals surface area (Å²) in [6.45, 7) is 0. The Balaban J connectivity index is 1.71. The average molecular weight is 489 g/mol. The van der Waals surface area contributed by atoms with E-state index >= 15 is 0 Å². The van der Waals surface area contributed by atoms with Crippen molar-refractivity contribution in [3.63, 3.8) is 0 Å². The molecule has 0 saturated carbocycles. The highest BCUT2D eigenvalue weighted by atomic mass is 79.9. The number of rotatable bonds is 4. The highest BCUT2D eigenvalue weighted by molar-refractivity contribution is 9.10. The maximum Gasteiger partial charge on any atom is 0.256 e. The van der Waals surface area contributed by atoms with Crippen molar-refractivity contribution in [2.45, 2.75) is 5.37 Å². The van der Waals surface area contributed by atoms with Crippen molar-refractivity contribution in [3.05, 3.63) is 94.0 Å². The van der Waals surface area contributed by atoms with Crippen molar-refractivity contribution in [2.75, 3.05) is 16.0 Å². The quantitative estimate of drug-likeness (QED) is 0.507. The van der Waals surface area contributed by atoms with Crippen molar-refractivity contribution in [1.29, 1.82) is 0 Å². The lowest BCUT2D eigenvalue weighted by Gasteiger charge is -2.26. The Morgan fingerprint density at radius 2 is 1.80 bits per heavy atom. The Morgan fingerprint density at radius 3 is 2.60 bits per heavy atom. The van der Waals surface area contributed by atoms with Crippen LogP contribution >= 0.6 is 27.7 Å². The molecule has 1 N–H and O–H groups in total. The lowest BCUT2D eigenvalue weighted by atomic mass is 10.1. The van der Waals surface area contributed by atoms with Gasteiger partial charge in [-0.25, -0.2) is 8.78 Å². The van der Waals surface area contributed by atoms with E-state index in [0.717, 1.165) is 18.2 Å². The summed E-state index contributed by atoms with van der Waals surface area (Å²) in [7, 11) is 0. The zero-order valence-corrected chi connectivity index (χ0v) is 17.8. The van der Waals surface area contributed by atoms with Crippen LogP contribution in [0.25, 0.3) is 0 Å². The fourth-order valence-corrected chi connectivity index (χ4v) is 4.92. The summed E-state index contributed by atoms with van der Waals surface area (Å²) in [6, 6.07) is 17.0. The standard InChI is InChI=1S/C22H15BrF2N2O2S/c23-16-7-3-1-5-14(16)21(29)26-18-8-4-2-6-15(18)22-27(20(28)12-30-22)19-11-13(24)9-10-17(19)25/h1-11,22H,12H2,(H,26,29). The fourth-order valence-electron chi connectivity index (χ4n) is 3.25. The number of amides is 2. The molecule has 3 aromatic rings. The number of carbonyl (C=O) groups is 2. The summed E-state index contributed by atoms with van der Waals surface area (Å²) >= 11 is 4.65. The summed E-state index contributed by atoms with van der Waals surface area (Å²) in [4.78, 5) is 26.6. The number of para-hydroxylation sites is 1. The molecule has 152 valence electrons. The molecule has 1 aliphatic rings. The van der Waals surface area contributed by atoms with Crippen LogP contribution in [0.1, 0.15) is 21.3 Å². The Bertz CT molecular complexity index is 1140. The van der Waals surface area contributed by atoms with Crippen LogP contribution in [0, 0.1) is 11.6 Å². The first-order valence-corrected chi connectivity index (χ1v) is 10.8. The summed E-state index contributed by atoms with van der Waals surface area (Å²) in [5, 5.41) is 2.26. The topological polar surface area (TPSA) is 49.4 Å². The smallest absolute Gasteiger partial charge is 0.256 e. The van der Waals surface area contributed by atoms with Gasteiger partial charge in [-0.2, -0.15) is 0 Å². The molecule has 0 bridgehead atoms. The normalized spacial score (nSPS) is 16.0. The molecule has 1 heterocycles. The SMILES string of the molecule is O=C(Nc1ccccc1C1SCC(=O)N1c1cc(F)ccc1F)c1ccccc1Br. The maximum absolute atomic E-state index is 14.4. The van der Waals surface area contributed by atoms with Crippen LogP contribution in [0.3, 0.4) is 0 Å². The molecule has 0 aromatic heterocycles. The monoisotopic (exact) mass is 488 g/mol. The molecule has 0 radical (unpaired) electrons. The second-order valence-corrected chi connectivity index (χ2v) is 8.47. The molecule has 1 saturated heterocycles. The first-order valence-electron chi connectivity index (χ1n) is 8.99. The molecule has 0 aliphatic carbocycles. The highest BCUT2D eigenvalue weighted by Gasteiger charge is 2.37. The van der Waals surface area contributed by atoms with E-state index in [0.29, 0.717) is 21.3 Å². The second-order valence-electron chi connectivity index (χ2n) is 6.54. The van der Waals surface area contributed by atoms with Crippen LogP contribution in [-0.4, -0.2) is 17.6 Å². The Morgan fingerprint density at radius 1 is 1.07 bits per heavy atom. The number of halogens is 3. The van der Waals surface area contributed by atoms with Gasteiger partial charge >= 0.3 is 0 Å². The van der Waals surface area contributed by atoms with E-state index in [2.05, 4.69) is 21.2 Å². The fraction of sp³-hybridized carbons (Fsp3) is 0.0909. The number of anilines is 2. The number of hydrogen-bond donors (Lipinski definition) is 1. The number of nitrogens with zero attached hydrogens (tertiary/aromatic N) is 1. The van der Waals surface area contributed by atoms with E-state index in [-0.39, 0.29) is 23.3 Å². The third-order valence-electron chi connectivity index (χ3n) is 4.63.